The largest absolute Gasteiger partial charge is 0.270 e. The molecule has 29 heavy (non-hydrogen) atoms. The average Bonchev–Trinajstić information content (AvgIpc) is 3.11. The van der Waals surface area contributed by atoms with E-state index >= 15 is 0 Å². The van der Waals surface area contributed by atoms with E-state index in [0.29, 0.717) is 25.1 Å². The van der Waals surface area contributed by atoms with Crippen molar-refractivity contribution >= 4 is 37.2 Å². The minimum atomic E-state index is -3.84. The Labute approximate surface area is 176 Å². The predicted octanol–water partition coefficient (Wildman–Crippen LogP) is 3.88. The third kappa shape index (κ3) is 3.67. The molecule has 0 aliphatic carbocycles. The first kappa shape index (κ1) is 20.0. The van der Waals surface area contributed by atoms with Gasteiger partial charge in [0.15, 0.2) is 0 Å². The second kappa shape index (κ2) is 7.51. The van der Waals surface area contributed by atoms with Crippen LogP contribution in [0.25, 0.3) is 5.52 Å². The van der Waals surface area contributed by atoms with Gasteiger partial charge in [-0.3, -0.25) is 10.1 Å². The summed E-state index contributed by atoms with van der Waals surface area (Å²) in [5.74, 6) is 0.00401. The Kier molecular flexibility index (Phi) is 5.18. The highest BCUT2D eigenvalue weighted by Crippen LogP contribution is 2.34. The Morgan fingerprint density at radius 3 is 2.83 bits per heavy atom. The van der Waals surface area contributed by atoms with Gasteiger partial charge in [0.2, 0.25) is 10.0 Å². The molecule has 3 heterocycles. The zero-order valence-corrected chi connectivity index (χ0v) is 18.1. The van der Waals surface area contributed by atoms with Crippen LogP contribution in [0.1, 0.15) is 29.9 Å². The topological polar surface area (TPSA) is 97.8 Å². The number of nitro groups is 1. The van der Waals surface area contributed by atoms with E-state index in [4.69, 9.17) is 0 Å². The van der Waals surface area contributed by atoms with Crippen LogP contribution in [0, 0.1) is 17.0 Å². The molecule has 152 valence electrons. The Bertz CT molecular complexity index is 1210. The van der Waals surface area contributed by atoms with Gasteiger partial charge in [-0.25, -0.2) is 12.9 Å². The maximum Gasteiger partial charge on any atom is 0.270 e. The molecule has 1 aliphatic heterocycles. The molecule has 2 aromatic heterocycles. The lowest BCUT2D eigenvalue weighted by Gasteiger charge is -2.32. The van der Waals surface area contributed by atoms with Crippen molar-refractivity contribution in [2.75, 3.05) is 13.1 Å². The number of hydrogen-bond donors (Lipinski definition) is 0. The summed E-state index contributed by atoms with van der Waals surface area (Å²) < 4.78 is 30.7. The minimum Gasteiger partial charge on any atom is -0.258 e. The molecule has 8 nitrogen and oxygen atoms in total. The minimum absolute atomic E-state index is 0.00401. The summed E-state index contributed by atoms with van der Waals surface area (Å²) in [6, 6.07) is 7.83. The monoisotopic (exact) mass is 478 g/mol. The van der Waals surface area contributed by atoms with E-state index in [9.17, 15) is 18.5 Å². The first-order chi connectivity index (χ1) is 13.8. The number of benzene rings is 1. The lowest BCUT2D eigenvalue weighted by molar-refractivity contribution is -0.385. The molecular weight excluding hydrogens is 460 g/mol. The van der Waals surface area contributed by atoms with E-state index in [1.54, 1.807) is 17.6 Å². The van der Waals surface area contributed by atoms with Gasteiger partial charge in [0.05, 0.1) is 21.5 Å². The molecule has 0 spiro atoms. The van der Waals surface area contributed by atoms with Crippen LogP contribution >= 0.6 is 15.9 Å². The average molecular weight is 479 g/mol. The number of hydrogen-bond acceptors (Lipinski definition) is 5. The van der Waals surface area contributed by atoms with E-state index in [0.717, 1.165) is 28.0 Å². The summed E-state index contributed by atoms with van der Waals surface area (Å²) in [5.41, 5.74) is 2.21. The van der Waals surface area contributed by atoms with Crippen LogP contribution in [0.5, 0.6) is 0 Å². The van der Waals surface area contributed by atoms with Crippen molar-refractivity contribution in [2.24, 2.45) is 0 Å². The zero-order valence-electron chi connectivity index (χ0n) is 15.7. The fourth-order valence-corrected chi connectivity index (χ4v) is 5.93. The molecular formula is C19H19BrN4O4S. The standard InChI is InChI=1S/C19H19BrN4O4S/c1-13-4-5-16(24(25)26)10-19(13)29(27,28)22-7-2-3-14(12-22)17-11-21-23-8-6-15(20)9-18(17)23/h4-6,8-11,14H,2-3,7,12H2,1H3. The van der Waals surface area contributed by atoms with Crippen molar-refractivity contribution in [3.05, 3.63) is 68.4 Å². The molecule has 0 N–H and O–H groups in total. The van der Waals surface area contributed by atoms with Gasteiger partial charge in [-0.05, 0) is 37.5 Å². The molecule has 0 radical (unpaired) electrons. The summed E-state index contributed by atoms with van der Waals surface area (Å²) >= 11 is 3.47. The number of rotatable bonds is 4. The Morgan fingerprint density at radius 1 is 1.28 bits per heavy atom. The molecule has 1 fully saturated rings. The number of pyridine rings is 1. The lowest BCUT2D eigenvalue weighted by Crippen LogP contribution is -2.39. The van der Waals surface area contributed by atoms with E-state index in [-0.39, 0.29) is 16.5 Å². The molecule has 1 aliphatic rings. The number of nitro benzene ring substituents is 1. The maximum absolute atomic E-state index is 13.3. The number of aryl methyl sites for hydroxylation is 1. The first-order valence-electron chi connectivity index (χ1n) is 9.15. The van der Waals surface area contributed by atoms with Crippen LogP contribution in [-0.4, -0.2) is 40.3 Å². The molecule has 1 atom stereocenters. The summed E-state index contributed by atoms with van der Waals surface area (Å²) in [5, 5.41) is 15.5. The molecule has 1 saturated heterocycles. The fourth-order valence-electron chi connectivity index (χ4n) is 3.82. The quantitative estimate of drug-likeness (QED) is 0.418. The second-order valence-electron chi connectivity index (χ2n) is 7.18. The van der Waals surface area contributed by atoms with Crippen LogP contribution in [0.4, 0.5) is 5.69 Å². The number of non-ortho nitro benzene ring substituents is 1. The van der Waals surface area contributed by atoms with Crippen LogP contribution in [0.15, 0.2) is 52.1 Å². The summed E-state index contributed by atoms with van der Waals surface area (Å²) in [6.45, 7) is 2.36. The molecule has 0 amide bonds. The summed E-state index contributed by atoms with van der Waals surface area (Å²) in [7, 11) is -3.84. The van der Waals surface area contributed by atoms with Crippen molar-refractivity contribution in [2.45, 2.75) is 30.6 Å². The van der Waals surface area contributed by atoms with Crippen LogP contribution in [0.2, 0.25) is 0 Å². The van der Waals surface area contributed by atoms with Crippen LogP contribution in [-0.2, 0) is 10.0 Å². The van der Waals surface area contributed by atoms with Crippen molar-refractivity contribution in [3.63, 3.8) is 0 Å². The number of piperidine rings is 1. The predicted molar refractivity (Wildman–Crippen MR) is 111 cm³/mol. The number of fused-ring (bicyclic) bond motifs is 1. The number of nitrogens with zero attached hydrogens (tertiary/aromatic N) is 4. The molecule has 0 saturated carbocycles. The number of sulfonamides is 1. The van der Waals surface area contributed by atoms with Gasteiger partial charge in [-0.1, -0.05) is 22.0 Å². The normalized spacial score (nSPS) is 18.2. The van der Waals surface area contributed by atoms with Gasteiger partial charge in [0, 0.05) is 47.4 Å². The van der Waals surface area contributed by atoms with Crippen molar-refractivity contribution in [3.8, 4) is 0 Å². The summed E-state index contributed by atoms with van der Waals surface area (Å²) in [4.78, 5) is 10.5. The third-order valence-corrected chi connectivity index (χ3v) is 7.84. The SMILES string of the molecule is Cc1ccc([N+](=O)[O-])cc1S(=O)(=O)N1CCCC(c2cnn3ccc(Br)cc23)C1. The van der Waals surface area contributed by atoms with E-state index in [2.05, 4.69) is 21.0 Å². The van der Waals surface area contributed by atoms with Crippen molar-refractivity contribution in [1.29, 1.82) is 0 Å². The lowest BCUT2D eigenvalue weighted by atomic mass is 9.92. The highest BCUT2D eigenvalue weighted by atomic mass is 79.9. The smallest absolute Gasteiger partial charge is 0.258 e. The molecule has 3 aromatic rings. The van der Waals surface area contributed by atoms with Crippen molar-refractivity contribution in [1.82, 2.24) is 13.9 Å². The third-order valence-electron chi connectivity index (χ3n) is 5.34. The first-order valence-corrected chi connectivity index (χ1v) is 11.4. The van der Waals surface area contributed by atoms with Gasteiger partial charge in [0.1, 0.15) is 0 Å². The van der Waals surface area contributed by atoms with Gasteiger partial charge < -0.3 is 0 Å². The van der Waals surface area contributed by atoms with Crippen LogP contribution in [0.3, 0.4) is 0 Å². The Balaban J connectivity index is 1.68. The Hall–Kier alpha value is -2.30. The fraction of sp³-hybridized carbons (Fsp3) is 0.316. The Morgan fingerprint density at radius 2 is 2.07 bits per heavy atom. The summed E-state index contributed by atoms with van der Waals surface area (Å²) in [6.07, 6.45) is 5.21. The highest BCUT2D eigenvalue weighted by molar-refractivity contribution is 9.10. The van der Waals surface area contributed by atoms with Crippen LogP contribution < -0.4 is 0 Å². The molecule has 1 unspecified atom stereocenters. The second-order valence-corrected chi connectivity index (χ2v) is 10.0. The van der Waals surface area contributed by atoms with E-state index in [1.165, 1.54) is 16.4 Å². The van der Waals surface area contributed by atoms with E-state index < -0.39 is 14.9 Å². The van der Waals surface area contributed by atoms with Crippen molar-refractivity contribution < 1.29 is 13.3 Å². The number of aromatic nitrogens is 2. The zero-order chi connectivity index (χ0) is 20.8. The molecule has 10 heteroatoms. The highest BCUT2D eigenvalue weighted by Gasteiger charge is 2.33. The van der Waals surface area contributed by atoms with Gasteiger partial charge in [0.25, 0.3) is 5.69 Å². The van der Waals surface area contributed by atoms with Gasteiger partial charge >= 0.3 is 0 Å². The number of halogens is 1. The molecule has 0 bridgehead atoms. The van der Waals surface area contributed by atoms with Gasteiger partial charge in [-0.15, -0.1) is 0 Å². The van der Waals surface area contributed by atoms with E-state index in [1.807, 2.05) is 18.3 Å². The molecule has 1 aromatic carbocycles. The van der Waals surface area contributed by atoms with Gasteiger partial charge in [-0.2, -0.15) is 9.40 Å². The maximum atomic E-state index is 13.3. The molecule has 4 rings (SSSR count).